The summed E-state index contributed by atoms with van der Waals surface area (Å²) in [5.74, 6) is 3.81. The van der Waals surface area contributed by atoms with Gasteiger partial charge in [-0.2, -0.15) is 0 Å². The van der Waals surface area contributed by atoms with Gasteiger partial charge < -0.3 is 9.84 Å². The van der Waals surface area contributed by atoms with Crippen molar-refractivity contribution in [2.45, 2.75) is 122 Å². The van der Waals surface area contributed by atoms with Crippen LogP contribution in [0.4, 0.5) is 0 Å². The number of ether oxygens (including phenoxy) is 1. The van der Waals surface area contributed by atoms with Crippen molar-refractivity contribution in [1.29, 1.82) is 0 Å². The fourth-order valence-corrected chi connectivity index (χ4v) is 12.9. The van der Waals surface area contributed by atoms with Gasteiger partial charge in [-0.15, -0.1) is 0 Å². The molecule has 2 aliphatic heterocycles. The second kappa shape index (κ2) is 9.51. The van der Waals surface area contributed by atoms with Gasteiger partial charge in [-0.3, -0.25) is 9.69 Å². The number of nitrogens with zero attached hydrogens (tertiary/aromatic N) is 1. The summed E-state index contributed by atoms with van der Waals surface area (Å²) in [5.41, 5.74) is 3.73. The van der Waals surface area contributed by atoms with Crippen LogP contribution in [-0.4, -0.2) is 52.7 Å². The van der Waals surface area contributed by atoms with Crippen LogP contribution in [0.5, 0.6) is 0 Å². The molecular weight excluding hydrogens is 518 g/mol. The molecule has 228 valence electrons. The molecule has 0 aromatic heterocycles. The van der Waals surface area contributed by atoms with Crippen molar-refractivity contribution in [3.63, 3.8) is 0 Å². The SMILES string of the molecule is C[C@H]1C[C@H]2O[C@]3(CC[C@H]4[C@@H]5CC=C6C[C@@H](O)CC[C@]6(C)[C@H]5CC45CC53C)[C@H](C)[C@@H]2N(CC(=O)CCc2ccccc2)C1. The number of carbonyl (C=O) groups excluding carboxylic acids is 1. The Kier molecular flexibility index (Phi) is 6.34. The molecule has 2 heterocycles. The Morgan fingerprint density at radius 2 is 1.90 bits per heavy atom. The third-order valence-corrected chi connectivity index (χ3v) is 14.9. The lowest BCUT2D eigenvalue weighted by Crippen LogP contribution is -2.55. The number of likely N-dealkylation sites (tertiary alicyclic amines) is 1. The first-order valence-electron chi connectivity index (χ1n) is 17.5. The third kappa shape index (κ3) is 3.73. The zero-order valence-electron chi connectivity index (χ0n) is 26.5. The summed E-state index contributed by atoms with van der Waals surface area (Å²) >= 11 is 0. The molecule has 5 aliphatic carbocycles. The van der Waals surface area contributed by atoms with Gasteiger partial charge in [0.25, 0.3) is 0 Å². The Bertz CT molecular complexity index is 1280. The Balaban J connectivity index is 1.03. The zero-order valence-corrected chi connectivity index (χ0v) is 26.5. The van der Waals surface area contributed by atoms with Gasteiger partial charge in [0, 0.05) is 30.3 Å². The van der Waals surface area contributed by atoms with Crippen LogP contribution in [0, 0.1) is 45.8 Å². The quantitative estimate of drug-likeness (QED) is 0.387. The lowest BCUT2D eigenvalue weighted by Gasteiger charge is -2.50. The number of Topliss-reactive ketones (excluding diaryl/α,β-unsaturated/α-hetero) is 1. The number of benzene rings is 1. The van der Waals surface area contributed by atoms with Crippen LogP contribution < -0.4 is 0 Å². The molecule has 6 fully saturated rings. The second-order valence-electron chi connectivity index (χ2n) is 16.7. The van der Waals surface area contributed by atoms with Crippen LogP contribution in [0.25, 0.3) is 0 Å². The van der Waals surface area contributed by atoms with Gasteiger partial charge in [-0.1, -0.05) is 69.7 Å². The topological polar surface area (TPSA) is 49.8 Å². The van der Waals surface area contributed by atoms with E-state index < -0.39 is 0 Å². The molecule has 1 aromatic rings. The maximum absolute atomic E-state index is 13.3. The number of aliphatic hydroxyl groups excluding tert-OH is 1. The standard InChI is InChI=1S/C38H53NO3/c1-24-18-33-34(39(21-24)22-29(41)12-10-26-8-6-5-7-9-26)25(2)38(42-33)17-15-31-30-13-11-27-19-28(40)14-16-35(27,3)32(30)20-37(31)23-36(37,38)4/h5-9,11,24-25,28,30-34,40H,10,12-23H2,1-4H3/t24-,25+,28-,30-,31-,32-,33+,34-,35-,36?,37?,38+/m0/s1. The van der Waals surface area contributed by atoms with Gasteiger partial charge >= 0.3 is 0 Å². The van der Waals surface area contributed by atoms with Crippen molar-refractivity contribution in [2.24, 2.45) is 45.8 Å². The molecule has 0 amide bonds. The Labute approximate surface area is 253 Å². The Morgan fingerprint density at radius 1 is 1.10 bits per heavy atom. The summed E-state index contributed by atoms with van der Waals surface area (Å²) in [4.78, 5) is 15.9. The largest absolute Gasteiger partial charge is 0.393 e. The van der Waals surface area contributed by atoms with E-state index in [1.54, 1.807) is 5.57 Å². The molecular formula is C38H53NO3. The van der Waals surface area contributed by atoms with E-state index in [1.807, 2.05) is 6.07 Å². The number of aryl methyl sites for hydroxylation is 1. The lowest BCUT2D eigenvalue weighted by atomic mass is 9.56. The third-order valence-electron chi connectivity index (χ3n) is 14.9. The van der Waals surface area contributed by atoms with Gasteiger partial charge in [0.15, 0.2) is 0 Å². The number of carbonyl (C=O) groups is 1. The lowest BCUT2D eigenvalue weighted by molar-refractivity contribution is -0.148. The van der Waals surface area contributed by atoms with Gasteiger partial charge in [-0.05, 0) is 104 Å². The maximum Gasteiger partial charge on any atom is 0.147 e. The number of ketones is 1. The zero-order chi connectivity index (χ0) is 29.1. The predicted octanol–water partition coefficient (Wildman–Crippen LogP) is 7.00. The van der Waals surface area contributed by atoms with Crippen molar-refractivity contribution in [3.05, 3.63) is 47.5 Å². The summed E-state index contributed by atoms with van der Waals surface area (Å²) in [5, 5.41) is 10.5. The molecule has 12 atom stereocenters. The summed E-state index contributed by atoms with van der Waals surface area (Å²) in [7, 11) is 0. The molecule has 0 radical (unpaired) electrons. The van der Waals surface area contributed by atoms with E-state index in [2.05, 4.69) is 62.9 Å². The first kappa shape index (κ1) is 28.0. The van der Waals surface area contributed by atoms with Crippen molar-refractivity contribution in [1.82, 2.24) is 4.90 Å². The molecule has 1 aromatic carbocycles. The molecule has 0 bridgehead atoms. The number of allylic oxidation sites excluding steroid dienone is 1. The smallest absolute Gasteiger partial charge is 0.147 e. The van der Waals surface area contributed by atoms with E-state index in [0.717, 1.165) is 56.4 Å². The van der Waals surface area contributed by atoms with Crippen LogP contribution in [0.3, 0.4) is 0 Å². The maximum atomic E-state index is 13.3. The van der Waals surface area contributed by atoms with E-state index >= 15 is 0 Å². The van der Waals surface area contributed by atoms with E-state index in [4.69, 9.17) is 4.74 Å². The van der Waals surface area contributed by atoms with Crippen LogP contribution in [0.15, 0.2) is 42.0 Å². The number of piperidine rings is 1. The highest BCUT2D eigenvalue weighted by Crippen LogP contribution is 2.87. The highest BCUT2D eigenvalue weighted by Gasteiger charge is 2.84. The monoisotopic (exact) mass is 571 g/mol. The van der Waals surface area contributed by atoms with E-state index in [9.17, 15) is 9.90 Å². The van der Waals surface area contributed by atoms with Crippen molar-refractivity contribution in [3.8, 4) is 0 Å². The fourth-order valence-electron chi connectivity index (χ4n) is 12.9. The highest BCUT2D eigenvalue weighted by molar-refractivity contribution is 5.80. The Hall–Kier alpha value is -1.49. The van der Waals surface area contributed by atoms with Crippen LogP contribution in [-0.2, 0) is 16.0 Å². The van der Waals surface area contributed by atoms with Crippen molar-refractivity contribution < 1.29 is 14.6 Å². The minimum Gasteiger partial charge on any atom is -0.393 e. The molecule has 1 N–H and O–H groups in total. The van der Waals surface area contributed by atoms with Crippen molar-refractivity contribution >= 4 is 5.78 Å². The van der Waals surface area contributed by atoms with E-state index in [-0.39, 0.29) is 28.6 Å². The van der Waals surface area contributed by atoms with Crippen LogP contribution in [0.2, 0.25) is 0 Å². The van der Waals surface area contributed by atoms with Gasteiger partial charge in [-0.25, -0.2) is 0 Å². The summed E-state index contributed by atoms with van der Waals surface area (Å²) < 4.78 is 7.48. The molecule has 2 saturated heterocycles. The van der Waals surface area contributed by atoms with Crippen LogP contribution in [0.1, 0.15) is 97.5 Å². The molecule has 4 saturated carbocycles. The van der Waals surface area contributed by atoms with E-state index in [0.29, 0.717) is 42.0 Å². The minimum absolute atomic E-state index is 0.0539. The van der Waals surface area contributed by atoms with Crippen LogP contribution >= 0.6 is 0 Å². The number of aliphatic hydroxyl groups is 1. The summed E-state index contributed by atoms with van der Waals surface area (Å²) in [6.07, 6.45) is 14.8. The number of hydrogen-bond donors (Lipinski definition) is 1. The minimum atomic E-state index is -0.135. The fraction of sp³-hybridized carbons (Fsp3) is 0.763. The molecule has 4 nitrogen and oxygen atoms in total. The molecule has 8 rings (SSSR count). The number of fused-ring (bicyclic) bond motifs is 6. The van der Waals surface area contributed by atoms with E-state index in [1.165, 1.54) is 37.7 Å². The first-order valence-corrected chi connectivity index (χ1v) is 17.5. The Morgan fingerprint density at radius 3 is 2.71 bits per heavy atom. The molecule has 7 aliphatic rings. The van der Waals surface area contributed by atoms with Gasteiger partial charge in [0.2, 0.25) is 0 Å². The number of rotatable bonds is 5. The summed E-state index contributed by atoms with van der Waals surface area (Å²) in [6, 6.07) is 10.8. The molecule has 2 spiro atoms. The van der Waals surface area contributed by atoms with Crippen molar-refractivity contribution in [2.75, 3.05) is 13.1 Å². The normalized spacial score (nSPS) is 50.7. The predicted molar refractivity (Wildman–Crippen MR) is 166 cm³/mol. The first-order chi connectivity index (χ1) is 20.1. The molecule has 4 heteroatoms. The summed E-state index contributed by atoms with van der Waals surface area (Å²) in [6.45, 7) is 11.7. The second-order valence-corrected chi connectivity index (χ2v) is 16.7. The van der Waals surface area contributed by atoms with Gasteiger partial charge in [0.1, 0.15) is 5.78 Å². The molecule has 2 unspecified atom stereocenters. The van der Waals surface area contributed by atoms with Gasteiger partial charge in [0.05, 0.1) is 24.4 Å². The highest BCUT2D eigenvalue weighted by atomic mass is 16.5. The molecule has 42 heavy (non-hydrogen) atoms. The average molecular weight is 572 g/mol. The number of hydrogen-bond acceptors (Lipinski definition) is 4. The average Bonchev–Trinajstić information content (AvgIpc) is 3.30.